The average Bonchev–Trinajstić information content (AvgIpc) is 3.93. The molecule has 8 rings (SSSR count). The van der Waals surface area contributed by atoms with Crippen LogP contribution in [0.2, 0.25) is 0 Å². The number of aliphatic hydroxyl groups excluding tert-OH is 2. The molecule has 2 aromatic carbocycles. The molecule has 1 amide bonds. The molecule has 6 heterocycles. The summed E-state index contributed by atoms with van der Waals surface area (Å²) in [4.78, 5) is 68.4. The summed E-state index contributed by atoms with van der Waals surface area (Å²) in [5.41, 5.74) is 1.84. The van der Waals surface area contributed by atoms with E-state index in [1.54, 1.807) is 68.8 Å². The van der Waals surface area contributed by atoms with Gasteiger partial charge in [0.2, 0.25) is 17.8 Å². The molecule has 336 valence electrons. The number of nitrogens with one attached hydrogen (secondary N) is 4. The van der Waals surface area contributed by atoms with Crippen molar-refractivity contribution >= 4 is 51.8 Å². The SMILES string of the molecule is CC[C@@]1(OC(=O)[C@@H](NC(=O)[C@H](Cc2cnc[nH]2)NC(=S)Nc2ccc(O[C@H]3O[C@@H](C)[C@@H](O)[C@@H](OC)[C@@H]3O)cc2)C(C)C)C(=O)OCc2c1cc1n(c2=O)Cc2cc3ccccc3nc2-1. The Kier molecular flexibility index (Phi) is 12.5. The Bertz CT molecular complexity index is 2640. The Balaban J connectivity index is 0.986. The number of para-hydroxylation sites is 1. The van der Waals surface area contributed by atoms with Gasteiger partial charge < -0.3 is 59.4 Å². The highest BCUT2D eigenvalue weighted by atomic mass is 32.1. The average molecular weight is 896 g/mol. The van der Waals surface area contributed by atoms with Crippen molar-refractivity contribution in [1.29, 1.82) is 0 Å². The van der Waals surface area contributed by atoms with Gasteiger partial charge in [0, 0.05) is 47.6 Å². The maximum absolute atomic E-state index is 14.3. The number of pyridine rings is 2. The highest BCUT2D eigenvalue weighted by Gasteiger charge is 2.52. The maximum atomic E-state index is 14.3. The molecule has 64 heavy (non-hydrogen) atoms. The quantitative estimate of drug-likeness (QED) is 0.0722. The van der Waals surface area contributed by atoms with Gasteiger partial charge in [-0.15, -0.1) is 0 Å². The Morgan fingerprint density at radius 2 is 1.84 bits per heavy atom. The van der Waals surface area contributed by atoms with Gasteiger partial charge in [-0.2, -0.15) is 0 Å². The number of carbonyl (C=O) groups is 3. The monoisotopic (exact) mass is 895 g/mol. The van der Waals surface area contributed by atoms with Crippen molar-refractivity contribution in [2.45, 2.75) is 102 Å². The lowest BCUT2D eigenvalue weighted by Gasteiger charge is -2.40. The number of nitrogens with zero attached hydrogens (tertiary/aromatic N) is 3. The minimum absolute atomic E-state index is 0.0603. The largest absolute Gasteiger partial charge is 0.462 e. The second-order valence-electron chi connectivity index (χ2n) is 16.4. The number of imidazole rings is 1. The number of aliphatic hydroxyl groups is 2. The molecule has 3 aliphatic rings. The molecule has 0 unspecified atom stereocenters. The lowest BCUT2D eigenvalue weighted by Crippen LogP contribution is -2.59. The van der Waals surface area contributed by atoms with Crippen molar-refractivity contribution in [3.05, 3.63) is 106 Å². The van der Waals surface area contributed by atoms with E-state index in [4.69, 9.17) is 40.9 Å². The Morgan fingerprint density at radius 3 is 2.55 bits per heavy atom. The molecule has 19 heteroatoms. The number of aromatic nitrogens is 4. The molecule has 1 fully saturated rings. The second-order valence-corrected chi connectivity index (χ2v) is 16.8. The predicted molar refractivity (Wildman–Crippen MR) is 235 cm³/mol. The van der Waals surface area contributed by atoms with E-state index in [0.717, 1.165) is 16.5 Å². The number of aromatic amines is 1. The number of amides is 1. The summed E-state index contributed by atoms with van der Waals surface area (Å²) in [5, 5.41) is 30.8. The van der Waals surface area contributed by atoms with E-state index in [2.05, 4.69) is 25.9 Å². The first kappa shape index (κ1) is 44.4. The number of benzene rings is 2. The fourth-order valence-corrected chi connectivity index (χ4v) is 8.60. The summed E-state index contributed by atoms with van der Waals surface area (Å²) in [6, 6.07) is 15.6. The number of esters is 2. The molecular formula is C45H49N7O11S. The highest BCUT2D eigenvalue weighted by molar-refractivity contribution is 7.80. The number of anilines is 1. The molecule has 5 aromatic rings. The van der Waals surface area contributed by atoms with Crippen LogP contribution in [-0.2, 0) is 58.5 Å². The number of rotatable bonds is 13. The van der Waals surface area contributed by atoms with Crippen LogP contribution in [0.1, 0.15) is 56.5 Å². The minimum Gasteiger partial charge on any atom is -0.462 e. The van der Waals surface area contributed by atoms with Gasteiger partial charge in [0.1, 0.15) is 42.8 Å². The summed E-state index contributed by atoms with van der Waals surface area (Å²) < 4.78 is 30.1. The molecule has 8 atom stereocenters. The van der Waals surface area contributed by atoms with Gasteiger partial charge in [-0.05, 0) is 73.9 Å². The van der Waals surface area contributed by atoms with Crippen LogP contribution in [0, 0.1) is 5.92 Å². The van der Waals surface area contributed by atoms with Crippen LogP contribution < -0.4 is 26.2 Å². The van der Waals surface area contributed by atoms with Crippen molar-refractivity contribution in [3.63, 3.8) is 0 Å². The molecule has 0 saturated carbocycles. The van der Waals surface area contributed by atoms with Gasteiger partial charge in [0.15, 0.2) is 5.11 Å². The van der Waals surface area contributed by atoms with Gasteiger partial charge in [0.25, 0.3) is 5.56 Å². The van der Waals surface area contributed by atoms with E-state index in [1.807, 2.05) is 30.3 Å². The normalized spacial score (nSPS) is 23.2. The Hall–Kier alpha value is -6.25. The van der Waals surface area contributed by atoms with Gasteiger partial charge in [-0.25, -0.2) is 19.6 Å². The van der Waals surface area contributed by atoms with E-state index >= 15 is 0 Å². The van der Waals surface area contributed by atoms with Crippen molar-refractivity contribution < 1.29 is 48.3 Å². The summed E-state index contributed by atoms with van der Waals surface area (Å²) in [7, 11) is 1.38. The molecule has 18 nitrogen and oxygen atoms in total. The molecule has 0 bridgehead atoms. The fourth-order valence-electron chi connectivity index (χ4n) is 8.34. The molecule has 0 aliphatic carbocycles. The number of hydrogen-bond acceptors (Lipinski definition) is 14. The Morgan fingerprint density at radius 1 is 1.08 bits per heavy atom. The fraction of sp³-hybridized carbons (Fsp3) is 0.400. The molecule has 1 saturated heterocycles. The van der Waals surface area contributed by atoms with Crippen molar-refractivity contribution in [2.75, 3.05) is 12.4 Å². The van der Waals surface area contributed by atoms with Crippen LogP contribution in [0.5, 0.6) is 5.75 Å². The second kappa shape index (κ2) is 18.1. The summed E-state index contributed by atoms with van der Waals surface area (Å²) in [6.07, 6.45) is -1.89. The third kappa shape index (κ3) is 8.44. The molecular weight excluding hydrogens is 847 g/mol. The summed E-state index contributed by atoms with van der Waals surface area (Å²) >= 11 is 5.63. The number of fused-ring (bicyclic) bond motifs is 5. The van der Waals surface area contributed by atoms with Gasteiger partial charge in [-0.3, -0.25) is 9.59 Å². The van der Waals surface area contributed by atoms with Crippen LogP contribution in [0.3, 0.4) is 0 Å². The van der Waals surface area contributed by atoms with Crippen LogP contribution in [-0.4, -0.2) is 103 Å². The van der Waals surface area contributed by atoms with Crippen LogP contribution >= 0.6 is 12.2 Å². The molecule has 6 N–H and O–H groups in total. The van der Waals surface area contributed by atoms with Gasteiger partial charge >= 0.3 is 11.9 Å². The number of cyclic esters (lactones) is 1. The van der Waals surface area contributed by atoms with E-state index in [0.29, 0.717) is 28.5 Å². The number of carbonyl (C=O) groups excluding carboxylic acids is 3. The summed E-state index contributed by atoms with van der Waals surface area (Å²) in [6.45, 7) is 6.74. The standard InChI is InChI=1S/C45H49N7O11S/c1-6-45(30-17-33-35-25(15-24-9-7-8-10-31(24)49-35)19-52(33)40(56)29(30)20-60-43(45)58)63-41(57)34(22(2)3)51-39(55)32(16-27-18-46-21-47-27)50-44(64)48-26-11-13-28(14-12-26)62-42-37(54)38(59-5)36(53)23(4)61-42/h7-15,17-18,21-23,32,34,36-38,42,53-54H,6,16,19-20H2,1-5H3,(H,46,47)(H,51,55)(H2,48,50,64)/t23-,32-,34-,36+,37-,38+,42+,45-/m0/s1. The van der Waals surface area contributed by atoms with E-state index < -0.39 is 72.2 Å². The first-order chi connectivity index (χ1) is 30.7. The first-order valence-corrected chi connectivity index (χ1v) is 21.3. The molecule has 3 aliphatic heterocycles. The third-order valence-electron chi connectivity index (χ3n) is 11.9. The third-order valence-corrected chi connectivity index (χ3v) is 12.1. The Labute approximate surface area is 372 Å². The van der Waals surface area contributed by atoms with E-state index in [-0.39, 0.29) is 47.8 Å². The lowest BCUT2D eigenvalue weighted by molar-refractivity contribution is -0.272. The zero-order valence-corrected chi connectivity index (χ0v) is 36.5. The number of methoxy groups -OCH3 is 1. The first-order valence-electron chi connectivity index (χ1n) is 20.9. The lowest BCUT2D eigenvalue weighted by atomic mass is 9.85. The molecule has 3 aromatic heterocycles. The van der Waals surface area contributed by atoms with Gasteiger partial charge in [0.05, 0.1) is 41.4 Å². The smallest absolute Gasteiger partial charge is 0.355 e. The zero-order valence-electron chi connectivity index (χ0n) is 35.7. The number of hydrogen-bond donors (Lipinski definition) is 6. The predicted octanol–water partition coefficient (Wildman–Crippen LogP) is 2.95. The van der Waals surface area contributed by atoms with Crippen molar-refractivity contribution in [2.24, 2.45) is 5.92 Å². The highest BCUT2D eigenvalue weighted by Crippen LogP contribution is 2.41. The van der Waals surface area contributed by atoms with Crippen LogP contribution in [0.25, 0.3) is 22.3 Å². The van der Waals surface area contributed by atoms with Gasteiger partial charge in [-0.1, -0.05) is 39.0 Å². The van der Waals surface area contributed by atoms with Crippen molar-refractivity contribution in [1.82, 2.24) is 30.2 Å². The minimum atomic E-state index is -1.99. The maximum Gasteiger partial charge on any atom is 0.355 e. The van der Waals surface area contributed by atoms with Crippen molar-refractivity contribution in [3.8, 4) is 17.1 Å². The topological polar surface area (TPSA) is 237 Å². The van der Waals surface area contributed by atoms with Crippen LogP contribution in [0.4, 0.5) is 5.69 Å². The van der Waals surface area contributed by atoms with Crippen LogP contribution in [0.15, 0.2) is 78.0 Å². The molecule has 0 spiro atoms. The number of ether oxygens (including phenoxy) is 5. The summed E-state index contributed by atoms with van der Waals surface area (Å²) in [5.74, 6) is -2.51. The number of H-pyrrole nitrogens is 1. The molecule has 0 radical (unpaired) electrons. The zero-order chi connectivity index (χ0) is 45.4. The number of thiocarbonyl (C=S) groups is 1. The van der Waals surface area contributed by atoms with E-state index in [1.165, 1.54) is 13.4 Å². The van der Waals surface area contributed by atoms with E-state index in [9.17, 15) is 29.4 Å².